The monoisotopic (exact) mass is 245 g/mol. The molecule has 0 spiro atoms. The van der Waals surface area contributed by atoms with E-state index in [1.807, 2.05) is 4.90 Å². The van der Waals surface area contributed by atoms with Gasteiger partial charge in [0, 0.05) is 51.0 Å². The highest BCUT2D eigenvalue weighted by atomic mass is 16.2. The maximum absolute atomic E-state index is 11.6. The lowest BCUT2D eigenvalue weighted by Gasteiger charge is -2.30. The van der Waals surface area contributed by atoms with Crippen molar-refractivity contribution in [3.63, 3.8) is 0 Å². The fourth-order valence-corrected chi connectivity index (χ4v) is 2.81. The zero-order valence-corrected chi connectivity index (χ0v) is 10.8. The van der Waals surface area contributed by atoms with E-state index in [0.717, 1.165) is 44.8 Å². The van der Waals surface area contributed by atoms with Gasteiger partial charge in [-0.3, -0.25) is 4.79 Å². The van der Waals surface area contributed by atoms with Gasteiger partial charge in [0.1, 0.15) is 0 Å². The highest BCUT2D eigenvalue weighted by Crippen LogP contribution is 2.32. The number of anilines is 2. The minimum absolute atomic E-state index is 0.145. The number of nitrogens with one attached hydrogen (secondary N) is 1. The van der Waals surface area contributed by atoms with E-state index in [2.05, 4.69) is 28.4 Å². The minimum Gasteiger partial charge on any atom is -0.369 e. The molecule has 0 aliphatic carbocycles. The van der Waals surface area contributed by atoms with Crippen LogP contribution in [-0.4, -0.2) is 38.6 Å². The Hall–Kier alpha value is -1.55. The first kappa shape index (κ1) is 11.5. The van der Waals surface area contributed by atoms with Gasteiger partial charge >= 0.3 is 0 Å². The van der Waals surface area contributed by atoms with Crippen molar-refractivity contribution in [3.05, 3.63) is 23.8 Å². The molecule has 96 valence electrons. The normalized spacial score (nSPS) is 18.9. The van der Waals surface area contributed by atoms with Crippen LogP contribution in [0.3, 0.4) is 0 Å². The summed E-state index contributed by atoms with van der Waals surface area (Å²) in [7, 11) is 0. The highest BCUT2D eigenvalue weighted by molar-refractivity contribution is 5.94. The van der Waals surface area contributed by atoms with Crippen molar-refractivity contribution in [1.82, 2.24) is 5.32 Å². The van der Waals surface area contributed by atoms with Crippen LogP contribution in [0.5, 0.6) is 0 Å². The van der Waals surface area contributed by atoms with Crippen LogP contribution in [0.1, 0.15) is 12.5 Å². The average molecular weight is 245 g/mol. The SMILES string of the molecule is CC(=O)N1CCc2ccc(N3CCNCC3)cc21. The molecule has 4 heteroatoms. The van der Waals surface area contributed by atoms with Crippen LogP contribution < -0.4 is 15.1 Å². The number of amides is 1. The van der Waals surface area contributed by atoms with Crippen LogP contribution >= 0.6 is 0 Å². The third-order valence-electron chi connectivity index (χ3n) is 3.83. The number of carbonyl (C=O) groups is 1. The van der Waals surface area contributed by atoms with Crippen molar-refractivity contribution in [2.24, 2.45) is 0 Å². The van der Waals surface area contributed by atoms with Crippen molar-refractivity contribution in [3.8, 4) is 0 Å². The number of piperazine rings is 1. The summed E-state index contributed by atoms with van der Waals surface area (Å²) in [4.78, 5) is 15.9. The van der Waals surface area contributed by atoms with Gasteiger partial charge < -0.3 is 15.1 Å². The van der Waals surface area contributed by atoms with Crippen LogP contribution in [0, 0.1) is 0 Å². The predicted octanol–water partition coefficient (Wildman–Crippen LogP) is 1.01. The van der Waals surface area contributed by atoms with Gasteiger partial charge in [0.25, 0.3) is 0 Å². The molecule has 1 saturated heterocycles. The van der Waals surface area contributed by atoms with Crippen molar-refractivity contribution >= 4 is 17.3 Å². The quantitative estimate of drug-likeness (QED) is 0.802. The van der Waals surface area contributed by atoms with Gasteiger partial charge in [-0.05, 0) is 24.1 Å². The van der Waals surface area contributed by atoms with Crippen molar-refractivity contribution in [2.75, 3.05) is 42.5 Å². The average Bonchev–Trinajstić information content (AvgIpc) is 2.82. The van der Waals surface area contributed by atoms with Gasteiger partial charge in [0.2, 0.25) is 5.91 Å². The lowest BCUT2D eigenvalue weighted by Crippen LogP contribution is -2.43. The zero-order valence-electron chi connectivity index (χ0n) is 10.8. The number of nitrogens with zero attached hydrogens (tertiary/aromatic N) is 2. The first-order valence-corrected chi connectivity index (χ1v) is 6.62. The third kappa shape index (κ3) is 1.97. The van der Waals surface area contributed by atoms with E-state index in [-0.39, 0.29) is 5.91 Å². The highest BCUT2D eigenvalue weighted by Gasteiger charge is 2.23. The number of fused-ring (bicyclic) bond motifs is 1. The summed E-state index contributed by atoms with van der Waals surface area (Å²) < 4.78 is 0. The summed E-state index contributed by atoms with van der Waals surface area (Å²) in [5.74, 6) is 0.145. The minimum atomic E-state index is 0.145. The summed E-state index contributed by atoms with van der Waals surface area (Å²) in [5.41, 5.74) is 3.64. The van der Waals surface area contributed by atoms with Gasteiger partial charge in [0.15, 0.2) is 0 Å². The number of rotatable bonds is 1. The fraction of sp³-hybridized carbons (Fsp3) is 0.500. The van der Waals surface area contributed by atoms with E-state index in [0.29, 0.717) is 0 Å². The second kappa shape index (κ2) is 4.61. The molecule has 0 bridgehead atoms. The van der Waals surface area contributed by atoms with Crippen molar-refractivity contribution in [1.29, 1.82) is 0 Å². The molecular weight excluding hydrogens is 226 g/mol. The Kier molecular flexibility index (Phi) is 2.96. The number of carbonyl (C=O) groups excluding carboxylic acids is 1. The maximum atomic E-state index is 11.6. The summed E-state index contributed by atoms with van der Waals surface area (Å²) in [6.07, 6.45) is 0.983. The van der Waals surface area contributed by atoms with Crippen LogP contribution in [0.2, 0.25) is 0 Å². The molecule has 3 rings (SSSR count). The molecule has 0 saturated carbocycles. The lowest BCUT2D eigenvalue weighted by molar-refractivity contribution is -0.116. The second-order valence-electron chi connectivity index (χ2n) is 4.97. The number of benzene rings is 1. The van der Waals surface area contributed by atoms with Gasteiger partial charge in [-0.2, -0.15) is 0 Å². The van der Waals surface area contributed by atoms with Gasteiger partial charge in [-0.25, -0.2) is 0 Å². The second-order valence-corrected chi connectivity index (χ2v) is 4.97. The van der Waals surface area contributed by atoms with Gasteiger partial charge in [-0.15, -0.1) is 0 Å². The maximum Gasteiger partial charge on any atom is 0.223 e. The fourth-order valence-electron chi connectivity index (χ4n) is 2.81. The van der Waals surface area contributed by atoms with Gasteiger partial charge in [0.05, 0.1) is 0 Å². The Morgan fingerprint density at radius 3 is 2.72 bits per heavy atom. The van der Waals surface area contributed by atoms with Crippen LogP contribution in [0.4, 0.5) is 11.4 Å². The lowest BCUT2D eigenvalue weighted by atomic mass is 10.1. The smallest absolute Gasteiger partial charge is 0.223 e. The van der Waals surface area contributed by atoms with Crippen molar-refractivity contribution < 1.29 is 4.79 Å². The topological polar surface area (TPSA) is 35.6 Å². The Balaban J connectivity index is 1.90. The standard InChI is InChI=1S/C14H19N3O/c1-11(18)17-7-4-12-2-3-13(10-14(12)17)16-8-5-15-6-9-16/h2-3,10,15H,4-9H2,1H3. The van der Waals surface area contributed by atoms with Crippen LogP contribution in [0.25, 0.3) is 0 Å². The molecule has 4 nitrogen and oxygen atoms in total. The van der Waals surface area contributed by atoms with Crippen molar-refractivity contribution in [2.45, 2.75) is 13.3 Å². The zero-order chi connectivity index (χ0) is 12.5. The molecular formula is C14H19N3O. The molecule has 1 amide bonds. The summed E-state index contributed by atoms with van der Waals surface area (Å²) >= 11 is 0. The Labute approximate surface area is 108 Å². The summed E-state index contributed by atoms with van der Waals surface area (Å²) in [6.45, 7) is 6.63. The molecule has 1 N–H and O–H groups in total. The van der Waals surface area contributed by atoms with E-state index in [1.165, 1.54) is 11.3 Å². The van der Waals surface area contributed by atoms with Gasteiger partial charge in [-0.1, -0.05) is 6.07 Å². The van der Waals surface area contributed by atoms with E-state index in [9.17, 15) is 4.79 Å². The van der Waals surface area contributed by atoms with E-state index < -0.39 is 0 Å². The van der Waals surface area contributed by atoms with E-state index >= 15 is 0 Å². The molecule has 0 radical (unpaired) electrons. The van der Waals surface area contributed by atoms with E-state index in [1.54, 1.807) is 6.92 Å². The predicted molar refractivity (Wildman–Crippen MR) is 73.3 cm³/mol. The molecule has 1 aromatic rings. The Morgan fingerprint density at radius 1 is 1.22 bits per heavy atom. The molecule has 2 aliphatic rings. The molecule has 0 atom stereocenters. The summed E-state index contributed by atoms with van der Waals surface area (Å²) in [6, 6.07) is 6.54. The van der Waals surface area contributed by atoms with Crippen LogP contribution in [0.15, 0.2) is 18.2 Å². The molecule has 0 aromatic heterocycles. The third-order valence-corrected chi connectivity index (χ3v) is 3.83. The summed E-state index contributed by atoms with van der Waals surface area (Å²) in [5, 5.41) is 3.36. The first-order valence-electron chi connectivity index (χ1n) is 6.62. The molecule has 1 aromatic carbocycles. The first-order chi connectivity index (χ1) is 8.75. The molecule has 2 heterocycles. The van der Waals surface area contributed by atoms with Crippen LogP contribution in [-0.2, 0) is 11.2 Å². The Morgan fingerprint density at radius 2 is 2.00 bits per heavy atom. The number of hydrogen-bond acceptors (Lipinski definition) is 3. The van der Waals surface area contributed by atoms with E-state index in [4.69, 9.17) is 0 Å². The number of hydrogen-bond donors (Lipinski definition) is 1. The molecule has 2 aliphatic heterocycles. The Bertz CT molecular complexity index is 466. The molecule has 18 heavy (non-hydrogen) atoms. The largest absolute Gasteiger partial charge is 0.369 e. The molecule has 1 fully saturated rings. The molecule has 0 unspecified atom stereocenters.